The summed E-state index contributed by atoms with van der Waals surface area (Å²) in [7, 11) is 0. The Labute approximate surface area is 121 Å². The Morgan fingerprint density at radius 2 is 1.95 bits per heavy atom. The first-order chi connectivity index (χ1) is 9.70. The zero-order valence-corrected chi connectivity index (χ0v) is 11.4. The monoisotopic (exact) mass is 287 g/mol. The van der Waals surface area contributed by atoms with E-state index in [9.17, 15) is 0 Å². The van der Waals surface area contributed by atoms with Gasteiger partial charge in [0, 0.05) is 28.8 Å². The molecule has 20 heavy (non-hydrogen) atoms. The fraction of sp³-hybridized carbons (Fsp3) is 0. The van der Waals surface area contributed by atoms with Gasteiger partial charge in [-0.1, -0.05) is 11.6 Å². The molecule has 0 saturated carbocycles. The SMILES string of the molecule is N\N=C(N)/N=C/C=C/c1cccn1-c1ccc(Cl)cc1. The quantitative estimate of drug-likeness (QED) is 0.393. The van der Waals surface area contributed by atoms with Crippen LogP contribution in [-0.4, -0.2) is 16.7 Å². The minimum absolute atomic E-state index is 0.0303. The van der Waals surface area contributed by atoms with Crippen molar-refractivity contribution in [3.8, 4) is 5.69 Å². The average molecular weight is 288 g/mol. The van der Waals surface area contributed by atoms with Crippen molar-refractivity contribution in [1.29, 1.82) is 0 Å². The van der Waals surface area contributed by atoms with E-state index in [0.717, 1.165) is 11.4 Å². The molecular formula is C14H14ClN5. The standard InChI is InChI=1S/C14H14ClN5/c15-11-5-7-13(8-6-11)20-10-2-4-12(20)3-1-9-18-14(16)19-17/h1-10H,17H2,(H2,16,19)/b3-1+,18-9+. The van der Waals surface area contributed by atoms with E-state index < -0.39 is 0 Å². The van der Waals surface area contributed by atoms with Crippen LogP contribution in [0, 0.1) is 0 Å². The molecule has 0 amide bonds. The highest BCUT2D eigenvalue weighted by Crippen LogP contribution is 2.16. The molecule has 0 fully saturated rings. The molecule has 1 heterocycles. The second kappa shape index (κ2) is 6.58. The van der Waals surface area contributed by atoms with Gasteiger partial charge in [0.1, 0.15) is 0 Å². The molecule has 0 atom stereocenters. The van der Waals surface area contributed by atoms with E-state index in [1.54, 1.807) is 6.08 Å². The average Bonchev–Trinajstić information content (AvgIpc) is 2.92. The Morgan fingerprint density at radius 1 is 1.20 bits per heavy atom. The minimum atomic E-state index is 0.0303. The van der Waals surface area contributed by atoms with E-state index in [1.807, 2.05) is 53.2 Å². The van der Waals surface area contributed by atoms with Crippen molar-refractivity contribution in [2.24, 2.45) is 21.7 Å². The highest BCUT2D eigenvalue weighted by atomic mass is 35.5. The minimum Gasteiger partial charge on any atom is -0.367 e. The van der Waals surface area contributed by atoms with Crippen molar-refractivity contribution in [3.63, 3.8) is 0 Å². The molecule has 4 N–H and O–H groups in total. The predicted molar refractivity (Wildman–Crippen MR) is 84.1 cm³/mol. The number of aromatic nitrogens is 1. The zero-order chi connectivity index (χ0) is 14.4. The third kappa shape index (κ3) is 3.49. The van der Waals surface area contributed by atoms with Crippen molar-refractivity contribution < 1.29 is 0 Å². The van der Waals surface area contributed by atoms with Crippen LogP contribution in [0.15, 0.2) is 58.8 Å². The zero-order valence-electron chi connectivity index (χ0n) is 10.6. The highest BCUT2D eigenvalue weighted by Gasteiger charge is 1.99. The predicted octanol–water partition coefficient (Wildman–Crippen LogP) is 2.40. The number of benzene rings is 1. The van der Waals surface area contributed by atoms with Crippen LogP contribution in [0.5, 0.6) is 0 Å². The fourth-order valence-electron chi connectivity index (χ4n) is 1.66. The normalized spacial score (nSPS) is 12.6. The van der Waals surface area contributed by atoms with Gasteiger partial charge in [-0.3, -0.25) is 0 Å². The van der Waals surface area contributed by atoms with Gasteiger partial charge in [-0.25, -0.2) is 4.99 Å². The maximum atomic E-state index is 5.88. The summed E-state index contributed by atoms with van der Waals surface area (Å²) in [5.74, 6) is 5.00. The third-order valence-corrected chi connectivity index (χ3v) is 2.83. The molecule has 5 nitrogen and oxygen atoms in total. The van der Waals surface area contributed by atoms with Crippen LogP contribution in [0.2, 0.25) is 5.02 Å². The number of aliphatic imine (C=N–C) groups is 1. The Kier molecular flexibility index (Phi) is 4.57. The Bertz CT molecular complexity index is 652. The Balaban J connectivity index is 2.19. The van der Waals surface area contributed by atoms with Crippen LogP contribution in [-0.2, 0) is 0 Å². The summed E-state index contributed by atoms with van der Waals surface area (Å²) in [5, 5.41) is 3.95. The lowest BCUT2D eigenvalue weighted by molar-refractivity contribution is 1.06. The summed E-state index contributed by atoms with van der Waals surface area (Å²) >= 11 is 5.88. The van der Waals surface area contributed by atoms with E-state index >= 15 is 0 Å². The van der Waals surface area contributed by atoms with E-state index in [-0.39, 0.29) is 5.96 Å². The molecule has 1 aromatic heterocycles. The molecule has 0 bridgehead atoms. The van der Waals surface area contributed by atoms with E-state index in [2.05, 4.69) is 10.1 Å². The molecule has 0 aliphatic heterocycles. The van der Waals surface area contributed by atoms with Gasteiger partial charge >= 0.3 is 0 Å². The number of halogens is 1. The topological polar surface area (TPSA) is 81.7 Å². The number of nitrogens with zero attached hydrogens (tertiary/aromatic N) is 3. The lowest BCUT2D eigenvalue weighted by Gasteiger charge is -2.06. The van der Waals surface area contributed by atoms with Crippen molar-refractivity contribution >= 4 is 29.9 Å². The van der Waals surface area contributed by atoms with Gasteiger partial charge in [0.2, 0.25) is 5.96 Å². The molecule has 2 aromatic rings. The van der Waals surface area contributed by atoms with Gasteiger partial charge in [-0.15, -0.1) is 5.10 Å². The van der Waals surface area contributed by atoms with Crippen molar-refractivity contribution in [1.82, 2.24) is 4.57 Å². The fourth-order valence-corrected chi connectivity index (χ4v) is 1.79. The molecule has 0 saturated heterocycles. The van der Waals surface area contributed by atoms with E-state index in [4.69, 9.17) is 23.2 Å². The van der Waals surface area contributed by atoms with Crippen LogP contribution in [0.1, 0.15) is 5.69 Å². The number of hydrogen-bond acceptors (Lipinski definition) is 2. The molecule has 0 aliphatic rings. The van der Waals surface area contributed by atoms with Gasteiger partial charge in [-0.05, 0) is 48.6 Å². The molecular weight excluding hydrogens is 274 g/mol. The smallest absolute Gasteiger partial charge is 0.236 e. The number of allylic oxidation sites excluding steroid dienone is 1. The maximum Gasteiger partial charge on any atom is 0.236 e. The number of rotatable bonds is 3. The number of hydrogen-bond donors (Lipinski definition) is 2. The molecule has 0 spiro atoms. The first kappa shape index (κ1) is 13.9. The summed E-state index contributed by atoms with van der Waals surface area (Å²) in [6.07, 6.45) is 7.17. The van der Waals surface area contributed by atoms with Crippen molar-refractivity contribution in [2.75, 3.05) is 0 Å². The molecule has 0 unspecified atom stereocenters. The van der Waals surface area contributed by atoms with E-state index in [0.29, 0.717) is 5.02 Å². The number of hydrazone groups is 1. The Morgan fingerprint density at radius 3 is 2.65 bits per heavy atom. The van der Waals surface area contributed by atoms with Gasteiger partial charge in [0.05, 0.1) is 0 Å². The molecule has 102 valence electrons. The summed E-state index contributed by atoms with van der Waals surface area (Å²) in [6, 6.07) is 11.6. The van der Waals surface area contributed by atoms with Crippen LogP contribution < -0.4 is 11.6 Å². The third-order valence-electron chi connectivity index (χ3n) is 2.58. The summed E-state index contributed by atoms with van der Waals surface area (Å²) in [6.45, 7) is 0. The summed E-state index contributed by atoms with van der Waals surface area (Å²) in [5.41, 5.74) is 7.37. The lowest BCUT2D eigenvalue weighted by atomic mass is 10.3. The second-order valence-electron chi connectivity index (χ2n) is 3.90. The van der Waals surface area contributed by atoms with Crippen LogP contribution in [0.25, 0.3) is 11.8 Å². The molecule has 0 radical (unpaired) electrons. The van der Waals surface area contributed by atoms with Crippen molar-refractivity contribution in [3.05, 3.63) is 59.4 Å². The van der Waals surface area contributed by atoms with E-state index in [1.165, 1.54) is 6.21 Å². The lowest BCUT2D eigenvalue weighted by Crippen LogP contribution is -2.10. The Hall–Kier alpha value is -2.53. The van der Waals surface area contributed by atoms with Crippen LogP contribution in [0.3, 0.4) is 0 Å². The van der Waals surface area contributed by atoms with Gasteiger partial charge < -0.3 is 16.1 Å². The summed E-state index contributed by atoms with van der Waals surface area (Å²) in [4.78, 5) is 3.82. The van der Waals surface area contributed by atoms with Gasteiger partial charge in [0.15, 0.2) is 0 Å². The first-order valence-electron chi connectivity index (χ1n) is 5.88. The summed E-state index contributed by atoms with van der Waals surface area (Å²) < 4.78 is 2.03. The maximum absolute atomic E-state index is 5.88. The number of guanidine groups is 1. The van der Waals surface area contributed by atoms with Gasteiger partial charge in [0.25, 0.3) is 0 Å². The van der Waals surface area contributed by atoms with Crippen LogP contribution >= 0.6 is 11.6 Å². The van der Waals surface area contributed by atoms with Crippen LogP contribution in [0.4, 0.5) is 0 Å². The molecule has 0 aliphatic carbocycles. The molecule has 2 rings (SSSR count). The largest absolute Gasteiger partial charge is 0.367 e. The number of nitrogens with two attached hydrogens (primary N) is 2. The molecule has 1 aromatic carbocycles. The van der Waals surface area contributed by atoms with Gasteiger partial charge in [-0.2, -0.15) is 0 Å². The molecule has 6 heteroatoms. The second-order valence-corrected chi connectivity index (χ2v) is 4.34. The first-order valence-corrected chi connectivity index (χ1v) is 6.26. The highest BCUT2D eigenvalue weighted by molar-refractivity contribution is 6.30. The van der Waals surface area contributed by atoms with Crippen molar-refractivity contribution in [2.45, 2.75) is 0 Å².